The minimum Gasteiger partial charge on any atom is -0.122 e. The Morgan fingerprint density at radius 2 is 2.13 bits per heavy atom. The number of hydrogen-bond acceptors (Lipinski definition) is 0. The van der Waals surface area contributed by atoms with E-state index in [0.29, 0.717) is 6.49 Å². The summed E-state index contributed by atoms with van der Waals surface area (Å²) < 4.78 is 0. The third-order valence-corrected chi connectivity index (χ3v) is 1.92. The van der Waals surface area contributed by atoms with Gasteiger partial charge in [-0.05, 0) is 0 Å². The molecule has 0 aliphatic carbocycles. The molecule has 0 saturated heterocycles. The summed E-state index contributed by atoms with van der Waals surface area (Å²) in [5.74, 6) is 0. The Bertz CT molecular complexity index is 140. The van der Waals surface area contributed by atoms with Crippen LogP contribution in [0.5, 0.6) is 0 Å². The summed E-state index contributed by atoms with van der Waals surface area (Å²) in [6.45, 7) is 6.13. The van der Waals surface area contributed by atoms with E-state index >= 15 is 0 Å². The predicted octanol–water partition coefficient (Wildman–Crippen LogP) is -1.62. The van der Waals surface area contributed by atoms with Crippen molar-refractivity contribution in [3.63, 3.8) is 0 Å². The first-order chi connectivity index (χ1) is 7.35. The standard InChI is InChI=1S/C5H10B10/c1-3-4-15(14-10-6)9-5-8-12-13-11-7-2/h3H,1,4-5H2,2H3. The van der Waals surface area contributed by atoms with Gasteiger partial charge in [0.05, 0.1) is 20.8 Å². The average molecular weight is 178 g/mol. The van der Waals surface area contributed by atoms with Crippen LogP contribution in [0.25, 0.3) is 0 Å². The predicted molar refractivity (Wildman–Crippen MR) is 83.2 cm³/mol. The minimum absolute atomic E-state index is 0.402. The van der Waals surface area contributed by atoms with E-state index in [1.165, 1.54) is 0 Å². The zero-order chi connectivity index (χ0) is 11.4. The van der Waals surface area contributed by atoms with Gasteiger partial charge in [-0.25, -0.2) is 0 Å². The molecule has 0 N–H and O–H groups in total. The van der Waals surface area contributed by atoms with Gasteiger partial charge >= 0.3 is 0 Å². The molecule has 0 aromatic heterocycles. The second kappa shape index (κ2) is 12.5. The second-order valence-electron chi connectivity index (χ2n) is 3.19. The van der Waals surface area contributed by atoms with Crippen LogP contribution in [0.3, 0.4) is 0 Å². The van der Waals surface area contributed by atoms with Crippen molar-refractivity contribution in [3.05, 3.63) is 12.7 Å². The van der Waals surface area contributed by atoms with Crippen LogP contribution in [0.2, 0.25) is 19.4 Å². The molecule has 0 atom stereocenters. The van der Waals surface area contributed by atoms with Gasteiger partial charge in [0.15, 0.2) is 0 Å². The Labute approximate surface area is 103 Å². The molecule has 10 heteroatoms. The molecule has 0 aromatic carbocycles. The fourth-order valence-corrected chi connectivity index (χ4v) is 1.17. The van der Waals surface area contributed by atoms with E-state index in [9.17, 15) is 0 Å². The van der Waals surface area contributed by atoms with Crippen molar-refractivity contribution in [2.75, 3.05) is 0 Å². The van der Waals surface area contributed by atoms with Crippen LogP contribution in [-0.4, -0.2) is 71.0 Å². The lowest BCUT2D eigenvalue weighted by atomic mass is 8.90. The van der Waals surface area contributed by atoms with E-state index in [2.05, 4.69) is 20.9 Å². The molecule has 0 aliphatic rings. The first kappa shape index (κ1) is 15.4. The van der Waals surface area contributed by atoms with Gasteiger partial charge in [0.1, 0.15) is 0 Å². The highest BCUT2D eigenvalue weighted by molar-refractivity contribution is 7.59. The van der Waals surface area contributed by atoms with Crippen LogP contribution >= 0.6 is 0 Å². The highest BCUT2D eigenvalue weighted by Crippen LogP contribution is 1.91. The summed E-state index contributed by atoms with van der Waals surface area (Å²) in [7, 11) is 21.4. The van der Waals surface area contributed by atoms with Crippen molar-refractivity contribution in [2.24, 2.45) is 0 Å². The molecule has 0 fully saturated rings. The number of allylic oxidation sites excluding steroid dienone is 1. The van der Waals surface area contributed by atoms with Crippen LogP contribution in [0.1, 0.15) is 0 Å². The molecule has 0 unspecified atom stereocenters. The highest BCUT2D eigenvalue weighted by atomic mass is 13.5. The molecule has 0 saturated carbocycles. The molecule has 15 heavy (non-hydrogen) atoms. The van der Waals surface area contributed by atoms with E-state index in [1.54, 1.807) is 7.06 Å². The van der Waals surface area contributed by atoms with Gasteiger partial charge in [-0.1, -0.05) is 6.32 Å². The van der Waals surface area contributed by atoms with Crippen LogP contribution in [0.4, 0.5) is 0 Å². The summed E-state index contributed by atoms with van der Waals surface area (Å²) in [5, 5.41) is 0. The molecule has 60 valence electrons. The summed E-state index contributed by atoms with van der Waals surface area (Å²) in [4.78, 5) is 0. The number of hydrogen-bond donors (Lipinski definition) is 0. The minimum atomic E-state index is 0.402. The summed E-state index contributed by atoms with van der Waals surface area (Å²) in [6.07, 6.45) is 3.81. The molecule has 0 amide bonds. The quantitative estimate of drug-likeness (QED) is 0.203. The number of rotatable bonds is 11. The fraction of sp³-hybridized carbons (Fsp3) is 0.600. The topological polar surface area (TPSA) is 0 Å². The molecule has 0 nitrogen and oxygen atoms in total. The van der Waals surface area contributed by atoms with Crippen LogP contribution in [0.15, 0.2) is 12.7 Å². The maximum absolute atomic E-state index is 5.36. The maximum Gasteiger partial charge on any atom is 0.0590 e. The van der Waals surface area contributed by atoms with Gasteiger partial charge in [-0.2, -0.15) is 0 Å². The highest BCUT2D eigenvalue weighted by Gasteiger charge is 2.10. The van der Waals surface area contributed by atoms with E-state index in [0.717, 1.165) is 12.5 Å². The van der Waals surface area contributed by atoms with Crippen molar-refractivity contribution < 1.29 is 0 Å². The van der Waals surface area contributed by atoms with Gasteiger partial charge in [0, 0.05) is 50.2 Å². The third kappa shape index (κ3) is 10.7. The van der Waals surface area contributed by atoms with Crippen molar-refractivity contribution in [2.45, 2.75) is 19.4 Å². The zero-order valence-electron chi connectivity index (χ0n) is 9.47. The molecule has 0 spiro atoms. The largest absolute Gasteiger partial charge is 0.122 e. The van der Waals surface area contributed by atoms with Crippen molar-refractivity contribution in [1.82, 2.24) is 0 Å². The van der Waals surface area contributed by atoms with Gasteiger partial charge in [-0.15, -0.1) is 25.7 Å². The van der Waals surface area contributed by atoms with Gasteiger partial charge in [0.2, 0.25) is 0 Å². The summed E-state index contributed by atoms with van der Waals surface area (Å²) in [5.41, 5.74) is 0. The van der Waals surface area contributed by atoms with E-state index in [-0.39, 0.29) is 0 Å². The van der Waals surface area contributed by atoms with Gasteiger partial charge < -0.3 is 0 Å². The molecule has 0 aliphatic heterocycles. The monoisotopic (exact) mass is 180 g/mol. The third-order valence-electron chi connectivity index (χ3n) is 1.92. The van der Waals surface area contributed by atoms with Crippen molar-refractivity contribution >= 4 is 71.0 Å². The summed E-state index contributed by atoms with van der Waals surface area (Å²) >= 11 is 0. The van der Waals surface area contributed by atoms with Crippen LogP contribution in [0, 0.1) is 0 Å². The lowest BCUT2D eigenvalue weighted by molar-refractivity contribution is 1.73. The first-order valence-corrected chi connectivity index (χ1v) is 5.29. The SMILES string of the molecule is [B][B][B]B([B]C[B][B][B][B][B]C)CC=C. The van der Waals surface area contributed by atoms with E-state index in [1.807, 2.05) is 48.3 Å². The molecule has 0 rings (SSSR count). The molecular formula is C5H10B10. The molecular weight excluding hydrogens is 168 g/mol. The van der Waals surface area contributed by atoms with E-state index < -0.39 is 0 Å². The zero-order valence-corrected chi connectivity index (χ0v) is 9.47. The molecule has 0 heterocycles. The molecule has 0 bridgehead atoms. The lowest BCUT2D eigenvalue weighted by Crippen LogP contribution is -2.35. The Balaban J connectivity index is 3.32. The lowest BCUT2D eigenvalue weighted by Gasteiger charge is -2.08. The van der Waals surface area contributed by atoms with Crippen LogP contribution < -0.4 is 0 Å². The second-order valence-corrected chi connectivity index (χ2v) is 3.19. The smallest absolute Gasteiger partial charge is 0.0590 e. The van der Waals surface area contributed by atoms with Gasteiger partial charge in [-0.3, -0.25) is 0 Å². The van der Waals surface area contributed by atoms with Crippen molar-refractivity contribution in [3.8, 4) is 0 Å². The molecule has 0 aromatic rings. The Morgan fingerprint density at radius 3 is 2.73 bits per heavy atom. The Morgan fingerprint density at radius 1 is 1.33 bits per heavy atom. The van der Waals surface area contributed by atoms with Gasteiger partial charge in [0.25, 0.3) is 0 Å². The fourth-order valence-electron chi connectivity index (χ4n) is 1.17. The maximum atomic E-state index is 5.36. The normalized spacial score (nSPS) is 8.07. The van der Waals surface area contributed by atoms with E-state index in [4.69, 9.17) is 7.74 Å². The summed E-state index contributed by atoms with van der Waals surface area (Å²) in [6, 6.07) is 0. The van der Waals surface area contributed by atoms with Crippen molar-refractivity contribution in [1.29, 1.82) is 0 Å². The Hall–Kier alpha value is 0.389. The first-order valence-electron chi connectivity index (χ1n) is 5.29. The van der Waals surface area contributed by atoms with Crippen LogP contribution in [-0.2, 0) is 0 Å². The molecule has 10 radical (unpaired) electrons. The Kier molecular flexibility index (Phi) is 12.8. The average Bonchev–Trinajstić information content (AvgIpc) is 2.24.